The quantitative estimate of drug-likeness (QED) is 0.832. The molecule has 0 atom stereocenters. The molecule has 2 aromatic rings. The van der Waals surface area contributed by atoms with Gasteiger partial charge in [-0.2, -0.15) is 10.2 Å². The van der Waals surface area contributed by atoms with Gasteiger partial charge < -0.3 is 10.2 Å². The summed E-state index contributed by atoms with van der Waals surface area (Å²) >= 11 is 0. The lowest BCUT2D eigenvalue weighted by molar-refractivity contribution is -0.120. The third kappa shape index (κ3) is 4.46. The lowest BCUT2D eigenvalue weighted by atomic mass is 9.87. The van der Waals surface area contributed by atoms with Crippen LogP contribution >= 0.6 is 0 Å². The summed E-state index contributed by atoms with van der Waals surface area (Å²) in [4.78, 5) is 17.0. The van der Waals surface area contributed by atoms with E-state index < -0.39 is 0 Å². The van der Waals surface area contributed by atoms with E-state index in [-0.39, 0.29) is 28.9 Å². The molecule has 0 radical (unpaired) electrons. The zero-order valence-electron chi connectivity index (χ0n) is 17.9. The van der Waals surface area contributed by atoms with Crippen molar-refractivity contribution in [1.82, 2.24) is 15.1 Å². The Morgan fingerprint density at radius 1 is 1.13 bits per heavy atom. The second-order valence-electron chi connectivity index (χ2n) is 9.36. The fraction of sp³-hybridized carbons (Fsp3) is 0.522. The number of rotatable bonds is 4. The van der Waals surface area contributed by atoms with Gasteiger partial charge in [0.15, 0.2) is 0 Å². The van der Waals surface area contributed by atoms with E-state index in [1.54, 1.807) is 24.5 Å². The highest BCUT2D eigenvalue weighted by Gasteiger charge is 2.33. The van der Waals surface area contributed by atoms with Crippen LogP contribution in [0, 0.1) is 11.7 Å². The number of nitrogens with zero attached hydrogens (tertiary/aromatic N) is 4. The number of anilines is 2. The maximum atomic E-state index is 14.7. The lowest BCUT2D eigenvalue weighted by Crippen LogP contribution is -2.52. The Balaban J connectivity index is 1.31. The van der Waals surface area contributed by atoms with E-state index in [1.807, 2.05) is 12.1 Å². The van der Waals surface area contributed by atoms with Crippen molar-refractivity contribution in [3.05, 3.63) is 48.0 Å². The highest BCUT2D eigenvalue weighted by atomic mass is 19.1. The largest absolute Gasteiger partial charge is 0.368 e. The van der Waals surface area contributed by atoms with Gasteiger partial charge >= 0.3 is 0 Å². The standard InChI is InChI=1S/C23H30FN5O/c1-23(2,3)29-10-7-16(8-11-29)17-4-5-21(20(24)12-17)27-22(30)18-14-28(15-18)19-6-9-25-26-13-19/h4-6,9,12-13,16,18H,7-8,10-11,14-15H2,1-3H3,(H,27,30). The summed E-state index contributed by atoms with van der Waals surface area (Å²) in [5, 5.41) is 10.4. The number of carbonyl (C=O) groups excluding carboxylic acids is 1. The number of hydrogen-bond acceptors (Lipinski definition) is 5. The Bertz CT molecular complexity index is 884. The van der Waals surface area contributed by atoms with Gasteiger partial charge in [0, 0.05) is 18.6 Å². The molecule has 1 amide bonds. The molecule has 3 heterocycles. The van der Waals surface area contributed by atoms with Crippen molar-refractivity contribution in [2.45, 2.75) is 45.1 Å². The zero-order valence-corrected chi connectivity index (χ0v) is 17.9. The van der Waals surface area contributed by atoms with E-state index >= 15 is 0 Å². The number of halogens is 1. The molecule has 7 heteroatoms. The summed E-state index contributed by atoms with van der Waals surface area (Å²) in [6.45, 7) is 9.96. The number of carbonyl (C=O) groups is 1. The van der Waals surface area contributed by atoms with Gasteiger partial charge in [-0.1, -0.05) is 6.07 Å². The lowest BCUT2D eigenvalue weighted by Gasteiger charge is -2.41. The number of nitrogens with one attached hydrogen (secondary N) is 1. The molecule has 0 aliphatic carbocycles. The van der Waals surface area contributed by atoms with Crippen LogP contribution in [0.3, 0.4) is 0 Å². The van der Waals surface area contributed by atoms with Crippen LogP contribution in [-0.2, 0) is 4.79 Å². The zero-order chi connectivity index (χ0) is 21.3. The van der Waals surface area contributed by atoms with Crippen LogP contribution in [0.25, 0.3) is 0 Å². The average molecular weight is 412 g/mol. The number of aromatic nitrogens is 2. The molecule has 30 heavy (non-hydrogen) atoms. The van der Waals surface area contributed by atoms with E-state index in [2.05, 4.69) is 46.1 Å². The topological polar surface area (TPSA) is 61.4 Å². The van der Waals surface area contributed by atoms with E-state index in [1.165, 1.54) is 0 Å². The van der Waals surface area contributed by atoms with Gasteiger partial charge in [0.05, 0.1) is 29.7 Å². The molecule has 2 fully saturated rings. The van der Waals surface area contributed by atoms with E-state index in [4.69, 9.17) is 0 Å². The smallest absolute Gasteiger partial charge is 0.231 e. The molecule has 6 nitrogen and oxygen atoms in total. The van der Waals surface area contributed by atoms with Crippen molar-refractivity contribution in [2.24, 2.45) is 5.92 Å². The van der Waals surface area contributed by atoms with Gasteiger partial charge in [-0.25, -0.2) is 4.39 Å². The van der Waals surface area contributed by atoms with Crippen LogP contribution in [0.4, 0.5) is 15.8 Å². The Labute approximate surface area is 177 Å². The molecule has 0 bridgehead atoms. The molecule has 0 spiro atoms. The van der Waals surface area contributed by atoms with Gasteiger partial charge in [-0.15, -0.1) is 0 Å². The SMILES string of the molecule is CC(C)(C)N1CCC(c2ccc(NC(=O)C3CN(c4ccnnc4)C3)c(F)c2)CC1. The highest BCUT2D eigenvalue weighted by molar-refractivity contribution is 5.94. The van der Waals surface area contributed by atoms with Crippen molar-refractivity contribution >= 4 is 17.3 Å². The van der Waals surface area contributed by atoms with Crippen LogP contribution in [0.2, 0.25) is 0 Å². The number of amides is 1. The molecule has 2 aliphatic rings. The predicted molar refractivity (Wildman–Crippen MR) is 116 cm³/mol. The minimum atomic E-state index is -0.353. The normalized spacial score (nSPS) is 18.9. The first kappa shape index (κ1) is 20.7. The summed E-state index contributed by atoms with van der Waals surface area (Å²) in [7, 11) is 0. The van der Waals surface area contributed by atoms with Crippen LogP contribution in [0.15, 0.2) is 36.7 Å². The third-order valence-corrected chi connectivity index (χ3v) is 6.35. The van der Waals surface area contributed by atoms with Gasteiger partial charge in [-0.3, -0.25) is 9.69 Å². The summed E-state index contributed by atoms with van der Waals surface area (Å²) in [6, 6.07) is 7.14. The molecule has 1 aromatic carbocycles. The molecule has 4 rings (SSSR count). The Kier molecular flexibility index (Phi) is 5.73. The number of hydrogen-bond donors (Lipinski definition) is 1. The maximum Gasteiger partial charge on any atom is 0.231 e. The minimum absolute atomic E-state index is 0.140. The third-order valence-electron chi connectivity index (χ3n) is 6.35. The van der Waals surface area contributed by atoms with Crippen LogP contribution in [0.5, 0.6) is 0 Å². The molecule has 160 valence electrons. The average Bonchev–Trinajstić information content (AvgIpc) is 2.69. The fourth-order valence-electron chi connectivity index (χ4n) is 4.33. The van der Waals surface area contributed by atoms with Crippen LogP contribution < -0.4 is 10.2 Å². The number of likely N-dealkylation sites (tertiary alicyclic amines) is 1. The van der Waals surface area contributed by atoms with E-state index in [0.717, 1.165) is 37.2 Å². The first-order valence-corrected chi connectivity index (χ1v) is 10.7. The Morgan fingerprint density at radius 2 is 1.87 bits per heavy atom. The first-order valence-electron chi connectivity index (χ1n) is 10.7. The monoisotopic (exact) mass is 411 g/mol. The first-order chi connectivity index (χ1) is 14.3. The van der Waals surface area contributed by atoms with Crippen molar-refractivity contribution < 1.29 is 9.18 Å². The van der Waals surface area contributed by atoms with Crippen LogP contribution in [-0.4, -0.2) is 52.7 Å². The maximum absolute atomic E-state index is 14.7. The minimum Gasteiger partial charge on any atom is -0.368 e. The molecule has 0 saturated carbocycles. The van der Waals surface area contributed by atoms with Gasteiger partial charge in [-0.05, 0) is 76.4 Å². The van der Waals surface area contributed by atoms with Gasteiger partial charge in [0.25, 0.3) is 0 Å². The van der Waals surface area contributed by atoms with Gasteiger partial charge in [0.2, 0.25) is 5.91 Å². The summed E-state index contributed by atoms with van der Waals surface area (Å²) in [5.41, 5.74) is 2.41. The predicted octanol–water partition coefficient (Wildman–Crippen LogP) is 3.67. The van der Waals surface area contributed by atoms with Crippen LogP contribution in [0.1, 0.15) is 45.1 Å². The van der Waals surface area contributed by atoms with E-state index in [9.17, 15) is 9.18 Å². The van der Waals surface area contributed by atoms with E-state index in [0.29, 0.717) is 19.0 Å². The number of benzene rings is 1. The highest BCUT2D eigenvalue weighted by Crippen LogP contribution is 2.33. The Morgan fingerprint density at radius 3 is 2.47 bits per heavy atom. The molecule has 0 unspecified atom stereocenters. The summed E-state index contributed by atoms with van der Waals surface area (Å²) < 4.78 is 14.7. The second kappa shape index (κ2) is 8.30. The second-order valence-corrected chi connectivity index (χ2v) is 9.36. The molecule has 1 N–H and O–H groups in total. The molecular weight excluding hydrogens is 381 g/mol. The fourth-order valence-corrected chi connectivity index (χ4v) is 4.33. The number of piperidine rings is 1. The van der Waals surface area contributed by atoms with Gasteiger partial charge in [0.1, 0.15) is 5.82 Å². The van der Waals surface area contributed by atoms with Crippen molar-refractivity contribution in [3.63, 3.8) is 0 Å². The Hall–Kier alpha value is -2.54. The summed E-state index contributed by atoms with van der Waals surface area (Å²) in [6.07, 6.45) is 5.37. The van der Waals surface area contributed by atoms with Crippen molar-refractivity contribution in [3.8, 4) is 0 Å². The molecule has 2 saturated heterocycles. The molecule has 2 aliphatic heterocycles. The summed E-state index contributed by atoms with van der Waals surface area (Å²) in [5.74, 6) is -0.275. The molecule has 1 aromatic heterocycles. The molecular formula is C23H30FN5O. The van der Waals surface area contributed by atoms with Crippen molar-refractivity contribution in [1.29, 1.82) is 0 Å². The van der Waals surface area contributed by atoms with Crippen molar-refractivity contribution in [2.75, 3.05) is 36.4 Å².